The van der Waals surface area contributed by atoms with Crippen molar-refractivity contribution in [3.8, 4) is 0 Å². The Hall–Kier alpha value is -0.910. The van der Waals surface area contributed by atoms with Crippen molar-refractivity contribution >= 4 is 17.2 Å². The number of piperidine rings is 1. The van der Waals surface area contributed by atoms with Crippen LogP contribution in [0.1, 0.15) is 24.1 Å². The number of carbonyl (C=O) groups excluding carboxylic acids is 1. The molecular formula is C13H20N2O2S. The average molecular weight is 268 g/mol. The van der Waals surface area contributed by atoms with Gasteiger partial charge in [0.15, 0.2) is 0 Å². The van der Waals surface area contributed by atoms with E-state index in [0.29, 0.717) is 25.7 Å². The van der Waals surface area contributed by atoms with Gasteiger partial charge < -0.3 is 15.4 Å². The summed E-state index contributed by atoms with van der Waals surface area (Å²) < 4.78 is 5.69. The summed E-state index contributed by atoms with van der Waals surface area (Å²) in [6.45, 7) is 3.20. The van der Waals surface area contributed by atoms with Crippen molar-refractivity contribution in [3.63, 3.8) is 0 Å². The van der Waals surface area contributed by atoms with Crippen LogP contribution in [0, 0.1) is 0 Å². The molecule has 0 bridgehead atoms. The molecule has 2 N–H and O–H groups in total. The number of amides is 1. The van der Waals surface area contributed by atoms with E-state index in [4.69, 9.17) is 4.74 Å². The molecule has 18 heavy (non-hydrogen) atoms. The van der Waals surface area contributed by atoms with Gasteiger partial charge in [-0.2, -0.15) is 0 Å². The summed E-state index contributed by atoms with van der Waals surface area (Å²) in [7, 11) is 0. The van der Waals surface area contributed by atoms with E-state index in [1.807, 2.05) is 17.5 Å². The summed E-state index contributed by atoms with van der Waals surface area (Å²) in [4.78, 5) is 12.8. The zero-order valence-electron chi connectivity index (χ0n) is 10.5. The van der Waals surface area contributed by atoms with Crippen LogP contribution in [0.4, 0.5) is 0 Å². The van der Waals surface area contributed by atoms with Crippen molar-refractivity contribution in [2.24, 2.45) is 0 Å². The third-order valence-corrected chi connectivity index (χ3v) is 3.89. The first-order chi connectivity index (χ1) is 8.84. The average Bonchev–Trinajstić information content (AvgIpc) is 2.91. The number of hydrogen-bond donors (Lipinski definition) is 2. The number of ether oxygens (including phenoxy) is 1. The van der Waals surface area contributed by atoms with Gasteiger partial charge in [0, 0.05) is 11.3 Å². The number of rotatable bonds is 6. The molecular weight excluding hydrogens is 248 g/mol. The fourth-order valence-corrected chi connectivity index (χ4v) is 2.61. The topological polar surface area (TPSA) is 50.4 Å². The van der Waals surface area contributed by atoms with Crippen molar-refractivity contribution in [1.29, 1.82) is 0 Å². The van der Waals surface area contributed by atoms with Crippen LogP contribution >= 0.6 is 11.3 Å². The lowest BCUT2D eigenvalue weighted by molar-refractivity contribution is -0.122. The van der Waals surface area contributed by atoms with E-state index in [1.54, 1.807) is 11.3 Å². The van der Waals surface area contributed by atoms with Gasteiger partial charge in [-0.1, -0.05) is 6.07 Å². The van der Waals surface area contributed by atoms with Crippen molar-refractivity contribution in [2.45, 2.75) is 31.9 Å². The first-order valence-corrected chi connectivity index (χ1v) is 7.34. The Morgan fingerprint density at radius 3 is 3.06 bits per heavy atom. The number of carbonyl (C=O) groups is 1. The lowest BCUT2D eigenvalue weighted by atomic mass is 10.1. The van der Waals surface area contributed by atoms with Gasteiger partial charge in [0.05, 0.1) is 19.3 Å². The molecule has 1 aliphatic heterocycles. The second-order valence-electron chi connectivity index (χ2n) is 4.43. The first-order valence-electron chi connectivity index (χ1n) is 6.46. The highest BCUT2D eigenvalue weighted by Gasteiger charge is 2.13. The first kappa shape index (κ1) is 13.5. The van der Waals surface area contributed by atoms with Crippen molar-refractivity contribution < 1.29 is 9.53 Å². The van der Waals surface area contributed by atoms with E-state index in [9.17, 15) is 4.79 Å². The van der Waals surface area contributed by atoms with E-state index in [0.717, 1.165) is 25.9 Å². The molecule has 1 fully saturated rings. The molecule has 0 unspecified atom stereocenters. The molecule has 100 valence electrons. The smallest absolute Gasteiger partial charge is 0.222 e. The molecule has 1 aromatic heterocycles. The van der Waals surface area contributed by atoms with Gasteiger partial charge in [0.1, 0.15) is 0 Å². The largest absolute Gasteiger partial charge is 0.378 e. The standard InChI is InChI=1S/C13H20N2O2S/c16-13(15-10-12-2-1-9-18-12)5-8-17-11-3-6-14-7-4-11/h1-2,9,11,14H,3-8,10H2,(H,15,16). The molecule has 0 radical (unpaired) electrons. The van der Waals surface area contributed by atoms with E-state index < -0.39 is 0 Å². The minimum Gasteiger partial charge on any atom is -0.378 e. The minimum absolute atomic E-state index is 0.0670. The van der Waals surface area contributed by atoms with E-state index in [-0.39, 0.29) is 5.91 Å². The van der Waals surface area contributed by atoms with Crippen LogP contribution in [0.5, 0.6) is 0 Å². The molecule has 2 rings (SSSR count). The third-order valence-electron chi connectivity index (χ3n) is 3.01. The molecule has 1 aromatic rings. The van der Waals surface area contributed by atoms with Crippen molar-refractivity contribution in [1.82, 2.24) is 10.6 Å². The van der Waals surface area contributed by atoms with Gasteiger partial charge in [0.25, 0.3) is 0 Å². The van der Waals surface area contributed by atoms with Crippen LogP contribution in [-0.4, -0.2) is 31.7 Å². The fourth-order valence-electron chi connectivity index (χ4n) is 1.97. The number of hydrogen-bond acceptors (Lipinski definition) is 4. The lowest BCUT2D eigenvalue weighted by Crippen LogP contribution is -2.33. The lowest BCUT2D eigenvalue weighted by Gasteiger charge is -2.22. The Morgan fingerprint density at radius 1 is 1.50 bits per heavy atom. The van der Waals surface area contributed by atoms with Gasteiger partial charge >= 0.3 is 0 Å². The second kappa shape index (κ2) is 7.51. The van der Waals surface area contributed by atoms with Gasteiger partial charge in [0.2, 0.25) is 5.91 Å². The summed E-state index contributed by atoms with van der Waals surface area (Å²) in [5, 5.41) is 8.21. The Labute approximate surface area is 112 Å². The van der Waals surface area contributed by atoms with Crippen LogP contribution in [-0.2, 0) is 16.1 Å². The second-order valence-corrected chi connectivity index (χ2v) is 5.46. The molecule has 0 aliphatic carbocycles. The molecule has 4 nitrogen and oxygen atoms in total. The van der Waals surface area contributed by atoms with Gasteiger partial charge in [-0.15, -0.1) is 11.3 Å². The van der Waals surface area contributed by atoms with Crippen molar-refractivity contribution in [2.75, 3.05) is 19.7 Å². The number of nitrogens with one attached hydrogen (secondary N) is 2. The predicted octanol–water partition coefficient (Wildman–Crippen LogP) is 1.52. The number of thiophene rings is 1. The Balaban J connectivity index is 1.54. The van der Waals surface area contributed by atoms with Crippen LogP contribution < -0.4 is 10.6 Å². The summed E-state index contributed by atoms with van der Waals surface area (Å²) in [6.07, 6.45) is 2.89. The van der Waals surface area contributed by atoms with E-state index >= 15 is 0 Å². The molecule has 0 saturated carbocycles. The zero-order chi connectivity index (χ0) is 12.6. The van der Waals surface area contributed by atoms with Gasteiger partial charge in [-0.05, 0) is 37.4 Å². The van der Waals surface area contributed by atoms with Crippen LogP contribution in [0.15, 0.2) is 17.5 Å². The predicted molar refractivity (Wildman–Crippen MR) is 72.6 cm³/mol. The zero-order valence-corrected chi connectivity index (χ0v) is 11.3. The summed E-state index contributed by atoms with van der Waals surface area (Å²) in [5.74, 6) is 0.0670. The molecule has 0 atom stereocenters. The monoisotopic (exact) mass is 268 g/mol. The molecule has 2 heterocycles. The third kappa shape index (κ3) is 4.76. The van der Waals surface area contributed by atoms with E-state index in [2.05, 4.69) is 10.6 Å². The molecule has 1 amide bonds. The van der Waals surface area contributed by atoms with Crippen LogP contribution in [0.25, 0.3) is 0 Å². The quantitative estimate of drug-likeness (QED) is 0.822. The highest BCUT2D eigenvalue weighted by molar-refractivity contribution is 7.09. The van der Waals surface area contributed by atoms with Crippen molar-refractivity contribution in [3.05, 3.63) is 22.4 Å². The molecule has 0 spiro atoms. The fraction of sp³-hybridized carbons (Fsp3) is 0.615. The van der Waals surface area contributed by atoms with Crippen LogP contribution in [0.3, 0.4) is 0 Å². The summed E-state index contributed by atoms with van der Waals surface area (Å²) in [6, 6.07) is 4.02. The maximum Gasteiger partial charge on any atom is 0.222 e. The Bertz CT molecular complexity index is 348. The van der Waals surface area contributed by atoms with Gasteiger partial charge in [-0.25, -0.2) is 0 Å². The summed E-state index contributed by atoms with van der Waals surface area (Å²) >= 11 is 1.66. The maximum atomic E-state index is 11.6. The highest BCUT2D eigenvalue weighted by atomic mass is 32.1. The van der Waals surface area contributed by atoms with Crippen LogP contribution in [0.2, 0.25) is 0 Å². The maximum absolute atomic E-state index is 11.6. The van der Waals surface area contributed by atoms with Gasteiger partial charge in [-0.3, -0.25) is 4.79 Å². The molecule has 1 aliphatic rings. The molecule has 1 saturated heterocycles. The van der Waals surface area contributed by atoms with E-state index in [1.165, 1.54) is 4.88 Å². The molecule has 5 heteroatoms. The minimum atomic E-state index is 0.0670. The highest BCUT2D eigenvalue weighted by Crippen LogP contribution is 2.08. The Morgan fingerprint density at radius 2 is 2.33 bits per heavy atom. The molecule has 0 aromatic carbocycles. The SMILES string of the molecule is O=C(CCOC1CCNCC1)NCc1cccs1. The summed E-state index contributed by atoms with van der Waals surface area (Å²) in [5.41, 5.74) is 0. The normalized spacial score (nSPS) is 16.7. The Kier molecular flexibility index (Phi) is 5.64.